The van der Waals surface area contributed by atoms with Crippen molar-refractivity contribution >= 4 is 11.6 Å². The van der Waals surface area contributed by atoms with Crippen LogP contribution in [0.2, 0.25) is 0 Å². The van der Waals surface area contributed by atoms with Gasteiger partial charge in [0.25, 0.3) is 5.91 Å². The molecule has 38 heavy (non-hydrogen) atoms. The number of likely N-dealkylation sites (N-methyl/N-ethyl adjacent to an activating group) is 1. The molecule has 1 aliphatic heterocycles. The van der Waals surface area contributed by atoms with E-state index in [2.05, 4.69) is 65.8 Å². The number of anilines is 1. The van der Waals surface area contributed by atoms with Crippen LogP contribution in [0.15, 0.2) is 67.1 Å². The lowest BCUT2D eigenvalue weighted by atomic mass is 10.1. The smallest absolute Gasteiger partial charge is 0.251 e. The Labute approximate surface area is 222 Å². The Morgan fingerprint density at radius 1 is 0.921 bits per heavy atom. The SMILES string of the molecule is CN1CCN(Cc2ccccc2CNC(=O)c2cccc(NCc3nnc(-c4ccncn4)n3C)c2)CC1. The summed E-state index contributed by atoms with van der Waals surface area (Å²) in [5, 5.41) is 15.0. The molecule has 10 nitrogen and oxygen atoms in total. The number of hydrogen-bond donors (Lipinski definition) is 2. The zero-order valence-corrected chi connectivity index (χ0v) is 21.8. The second-order valence-corrected chi connectivity index (χ2v) is 9.56. The van der Waals surface area contributed by atoms with Gasteiger partial charge >= 0.3 is 0 Å². The van der Waals surface area contributed by atoms with Crippen LogP contribution in [-0.4, -0.2) is 73.7 Å². The number of benzene rings is 2. The quantitative estimate of drug-likeness (QED) is 0.353. The largest absolute Gasteiger partial charge is 0.378 e. The highest BCUT2D eigenvalue weighted by atomic mass is 16.1. The van der Waals surface area contributed by atoms with Gasteiger partial charge in [0.05, 0.1) is 6.54 Å². The van der Waals surface area contributed by atoms with E-state index < -0.39 is 0 Å². The molecule has 3 heterocycles. The Morgan fingerprint density at radius 2 is 1.74 bits per heavy atom. The monoisotopic (exact) mass is 511 g/mol. The number of hydrogen-bond acceptors (Lipinski definition) is 8. The first-order chi connectivity index (χ1) is 18.6. The Bertz CT molecular complexity index is 1360. The summed E-state index contributed by atoms with van der Waals surface area (Å²) in [6.07, 6.45) is 3.17. The van der Waals surface area contributed by atoms with Gasteiger partial charge in [0.1, 0.15) is 12.0 Å². The van der Waals surface area contributed by atoms with Gasteiger partial charge in [-0.05, 0) is 42.4 Å². The van der Waals surface area contributed by atoms with Crippen LogP contribution in [-0.2, 0) is 26.7 Å². The van der Waals surface area contributed by atoms with E-state index in [4.69, 9.17) is 0 Å². The summed E-state index contributed by atoms with van der Waals surface area (Å²) in [5.41, 5.74) is 4.56. The molecule has 1 fully saturated rings. The van der Waals surface area contributed by atoms with Crippen LogP contribution in [0.5, 0.6) is 0 Å². The van der Waals surface area contributed by atoms with Gasteiger partial charge in [-0.15, -0.1) is 10.2 Å². The second-order valence-electron chi connectivity index (χ2n) is 9.56. The average molecular weight is 512 g/mol. The third-order valence-corrected chi connectivity index (χ3v) is 6.90. The first-order valence-corrected chi connectivity index (χ1v) is 12.8. The van der Waals surface area contributed by atoms with E-state index in [-0.39, 0.29) is 5.91 Å². The van der Waals surface area contributed by atoms with Gasteiger partial charge in [0.2, 0.25) is 0 Å². The van der Waals surface area contributed by atoms with Crippen LogP contribution in [0.4, 0.5) is 5.69 Å². The lowest BCUT2D eigenvalue weighted by Gasteiger charge is -2.32. The molecular formula is C28H33N9O. The van der Waals surface area contributed by atoms with Crippen molar-refractivity contribution in [1.82, 2.24) is 39.8 Å². The minimum absolute atomic E-state index is 0.104. The van der Waals surface area contributed by atoms with Crippen molar-refractivity contribution in [1.29, 1.82) is 0 Å². The lowest BCUT2D eigenvalue weighted by Crippen LogP contribution is -2.44. The fourth-order valence-corrected chi connectivity index (χ4v) is 4.52. The van der Waals surface area contributed by atoms with Gasteiger partial charge in [-0.3, -0.25) is 9.69 Å². The van der Waals surface area contributed by atoms with E-state index in [9.17, 15) is 4.79 Å². The maximum Gasteiger partial charge on any atom is 0.251 e. The summed E-state index contributed by atoms with van der Waals surface area (Å²) < 4.78 is 1.89. The third kappa shape index (κ3) is 6.21. The van der Waals surface area contributed by atoms with Gasteiger partial charge in [0.15, 0.2) is 11.6 Å². The van der Waals surface area contributed by atoms with E-state index in [0.717, 1.165) is 49.8 Å². The van der Waals surface area contributed by atoms with Crippen LogP contribution >= 0.6 is 0 Å². The highest BCUT2D eigenvalue weighted by Gasteiger charge is 2.16. The van der Waals surface area contributed by atoms with Gasteiger partial charge < -0.3 is 20.1 Å². The number of rotatable bonds is 9. The van der Waals surface area contributed by atoms with Crippen molar-refractivity contribution < 1.29 is 4.79 Å². The zero-order chi connectivity index (χ0) is 26.3. The molecule has 0 spiro atoms. The number of nitrogens with one attached hydrogen (secondary N) is 2. The third-order valence-electron chi connectivity index (χ3n) is 6.90. The number of carbonyl (C=O) groups is 1. The average Bonchev–Trinajstić information content (AvgIpc) is 3.33. The predicted octanol–water partition coefficient (Wildman–Crippen LogP) is 2.56. The Balaban J connectivity index is 1.18. The Morgan fingerprint density at radius 3 is 2.53 bits per heavy atom. The lowest BCUT2D eigenvalue weighted by molar-refractivity contribution is 0.0950. The van der Waals surface area contributed by atoms with Crippen molar-refractivity contribution in [2.45, 2.75) is 19.6 Å². The molecule has 2 N–H and O–H groups in total. The maximum atomic E-state index is 13.0. The summed E-state index contributed by atoms with van der Waals surface area (Å²) in [6, 6.07) is 17.6. The summed E-state index contributed by atoms with van der Waals surface area (Å²) in [5.74, 6) is 1.32. The first-order valence-electron chi connectivity index (χ1n) is 12.8. The summed E-state index contributed by atoms with van der Waals surface area (Å²) in [6.45, 7) is 6.15. The maximum absolute atomic E-state index is 13.0. The minimum atomic E-state index is -0.104. The predicted molar refractivity (Wildman–Crippen MR) is 146 cm³/mol. The molecule has 0 saturated carbocycles. The number of carbonyl (C=O) groups excluding carboxylic acids is 1. The Kier molecular flexibility index (Phi) is 8.01. The van der Waals surface area contributed by atoms with E-state index >= 15 is 0 Å². The van der Waals surface area contributed by atoms with Crippen molar-refractivity contribution in [3.63, 3.8) is 0 Å². The molecule has 2 aromatic heterocycles. The van der Waals surface area contributed by atoms with Crippen molar-refractivity contribution in [3.05, 3.63) is 89.6 Å². The molecule has 196 valence electrons. The molecule has 0 atom stereocenters. The molecule has 0 aliphatic carbocycles. The van der Waals surface area contributed by atoms with E-state index in [1.165, 1.54) is 11.9 Å². The minimum Gasteiger partial charge on any atom is -0.378 e. The van der Waals surface area contributed by atoms with Gasteiger partial charge in [-0.1, -0.05) is 30.3 Å². The Hall–Kier alpha value is -4.15. The van der Waals surface area contributed by atoms with Crippen molar-refractivity contribution in [2.24, 2.45) is 7.05 Å². The fraction of sp³-hybridized carbons (Fsp3) is 0.321. The number of aromatic nitrogens is 5. The summed E-state index contributed by atoms with van der Waals surface area (Å²) in [4.78, 5) is 26.0. The normalized spacial score (nSPS) is 14.4. The molecule has 5 rings (SSSR count). The highest BCUT2D eigenvalue weighted by molar-refractivity contribution is 5.95. The van der Waals surface area contributed by atoms with Gasteiger partial charge in [0, 0.05) is 63.8 Å². The molecule has 0 radical (unpaired) electrons. The molecular weight excluding hydrogens is 478 g/mol. The van der Waals surface area contributed by atoms with Crippen LogP contribution in [0.1, 0.15) is 27.3 Å². The molecule has 4 aromatic rings. The van der Waals surface area contributed by atoms with Crippen molar-refractivity contribution in [3.8, 4) is 11.5 Å². The second kappa shape index (κ2) is 11.9. The van der Waals surface area contributed by atoms with Gasteiger partial charge in [-0.25, -0.2) is 9.97 Å². The molecule has 1 saturated heterocycles. The zero-order valence-electron chi connectivity index (χ0n) is 21.8. The molecule has 0 bridgehead atoms. The number of piperazine rings is 1. The van der Waals surface area contributed by atoms with Crippen LogP contribution in [0.25, 0.3) is 11.5 Å². The molecule has 1 aliphatic rings. The molecule has 0 unspecified atom stereocenters. The van der Waals surface area contributed by atoms with Crippen LogP contribution in [0, 0.1) is 0 Å². The van der Waals surface area contributed by atoms with E-state index in [0.29, 0.717) is 30.2 Å². The first kappa shape index (κ1) is 25.5. The van der Waals surface area contributed by atoms with Crippen LogP contribution < -0.4 is 10.6 Å². The highest BCUT2D eigenvalue weighted by Crippen LogP contribution is 2.17. The van der Waals surface area contributed by atoms with Gasteiger partial charge in [-0.2, -0.15) is 0 Å². The summed E-state index contributed by atoms with van der Waals surface area (Å²) in [7, 11) is 4.07. The fourth-order valence-electron chi connectivity index (χ4n) is 4.52. The molecule has 10 heteroatoms. The molecule has 2 aromatic carbocycles. The standard InChI is InChI=1S/C28H33N9O/c1-35-12-14-37(15-13-35)19-23-7-4-3-6-22(23)17-31-28(38)21-8-5-9-24(16-21)30-18-26-33-34-27(36(26)2)25-10-11-29-20-32-25/h3-11,16,20,30H,12-15,17-19H2,1-2H3,(H,31,38). The van der Waals surface area contributed by atoms with Crippen LogP contribution in [0.3, 0.4) is 0 Å². The number of nitrogens with zero attached hydrogens (tertiary/aromatic N) is 7. The number of amides is 1. The van der Waals surface area contributed by atoms with E-state index in [1.807, 2.05) is 41.9 Å². The topological polar surface area (TPSA) is 104 Å². The van der Waals surface area contributed by atoms with E-state index in [1.54, 1.807) is 12.3 Å². The van der Waals surface area contributed by atoms with Crippen molar-refractivity contribution in [2.75, 3.05) is 38.5 Å². The summed E-state index contributed by atoms with van der Waals surface area (Å²) >= 11 is 0. The molecule has 1 amide bonds.